The lowest BCUT2D eigenvalue weighted by Gasteiger charge is -2.26. The van der Waals surface area contributed by atoms with Gasteiger partial charge in [0, 0.05) is 13.1 Å². The summed E-state index contributed by atoms with van der Waals surface area (Å²) >= 11 is 0. The molecule has 3 rings (SSSR count). The van der Waals surface area contributed by atoms with Crippen molar-refractivity contribution in [2.45, 2.75) is 45.2 Å². The van der Waals surface area contributed by atoms with Gasteiger partial charge in [-0.05, 0) is 75.5 Å². The highest BCUT2D eigenvalue weighted by Crippen LogP contribution is 2.14. The van der Waals surface area contributed by atoms with Gasteiger partial charge in [-0.15, -0.1) is 0 Å². The second-order valence-corrected chi connectivity index (χ2v) is 6.98. The van der Waals surface area contributed by atoms with Crippen molar-refractivity contribution in [1.82, 2.24) is 15.5 Å². The zero-order valence-electron chi connectivity index (χ0n) is 13.8. The third kappa shape index (κ3) is 5.08. The first-order valence-electron chi connectivity index (χ1n) is 9.12. The smallest absolute Gasteiger partial charge is 0.0233 e. The molecule has 0 aromatic heterocycles. The number of piperidine rings is 2. The van der Waals surface area contributed by atoms with Gasteiger partial charge in [-0.1, -0.05) is 30.7 Å². The van der Waals surface area contributed by atoms with Crippen molar-refractivity contribution in [1.29, 1.82) is 0 Å². The van der Waals surface area contributed by atoms with E-state index in [4.69, 9.17) is 0 Å². The number of likely N-dealkylation sites (tertiary alicyclic amines) is 1. The van der Waals surface area contributed by atoms with Crippen molar-refractivity contribution < 1.29 is 0 Å². The van der Waals surface area contributed by atoms with E-state index < -0.39 is 0 Å². The highest BCUT2D eigenvalue weighted by molar-refractivity contribution is 5.22. The second kappa shape index (κ2) is 8.66. The number of hydrogen-bond acceptors (Lipinski definition) is 3. The molecule has 2 N–H and O–H groups in total. The molecular formula is C19H31N3. The molecule has 22 heavy (non-hydrogen) atoms. The number of benzene rings is 1. The molecule has 2 aliphatic rings. The minimum Gasteiger partial charge on any atom is -0.317 e. The first kappa shape index (κ1) is 16.0. The van der Waals surface area contributed by atoms with Gasteiger partial charge in [-0.2, -0.15) is 0 Å². The Labute approximate surface area is 135 Å². The Balaban J connectivity index is 1.39. The number of rotatable bonds is 6. The quantitative estimate of drug-likeness (QED) is 0.846. The van der Waals surface area contributed by atoms with Crippen LogP contribution in [0.5, 0.6) is 0 Å². The maximum absolute atomic E-state index is 3.63. The van der Waals surface area contributed by atoms with E-state index >= 15 is 0 Å². The average molecular weight is 301 g/mol. The molecule has 2 fully saturated rings. The van der Waals surface area contributed by atoms with Gasteiger partial charge >= 0.3 is 0 Å². The van der Waals surface area contributed by atoms with E-state index in [2.05, 4.69) is 39.8 Å². The van der Waals surface area contributed by atoms with Crippen LogP contribution in [-0.4, -0.2) is 37.6 Å². The Morgan fingerprint density at radius 3 is 2.36 bits per heavy atom. The molecule has 0 unspecified atom stereocenters. The zero-order chi connectivity index (χ0) is 15.0. The fourth-order valence-electron chi connectivity index (χ4n) is 3.64. The zero-order valence-corrected chi connectivity index (χ0v) is 13.8. The van der Waals surface area contributed by atoms with Crippen LogP contribution in [-0.2, 0) is 13.1 Å². The standard InChI is InChI=1S/C19H31N3/c1-2-12-22(13-3-1)16-19-6-4-17(5-7-19)14-21-15-18-8-10-20-11-9-18/h4-7,18,20-21H,1-3,8-16H2. The van der Waals surface area contributed by atoms with E-state index in [9.17, 15) is 0 Å². The average Bonchev–Trinajstić information content (AvgIpc) is 2.58. The van der Waals surface area contributed by atoms with E-state index in [1.807, 2.05) is 0 Å². The van der Waals surface area contributed by atoms with Gasteiger partial charge in [0.1, 0.15) is 0 Å². The highest BCUT2D eigenvalue weighted by Gasteiger charge is 2.12. The van der Waals surface area contributed by atoms with Gasteiger partial charge in [-0.3, -0.25) is 4.90 Å². The van der Waals surface area contributed by atoms with Crippen LogP contribution in [0.1, 0.15) is 43.2 Å². The van der Waals surface area contributed by atoms with Crippen molar-refractivity contribution in [3.05, 3.63) is 35.4 Å². The fraction of sp³-hybridized carbons (Fsp3) is 0.684. The SMILES string of the molecule is c1cc(CN2CCCCC2)ccc1CNCC1CCNCC1. The molecule has 1 aromatic rings. The third-order valence-electron chi connectivity index (χ3n) is 5.10. The van der Waals surface area contributed by atoms with Crippen LogP contribution in [0.4, 0.5) is 0 Å². The molecule has 0 spiro atoms. The summed E-state index contributed by atoms with van der Waals surface area (Å²) in [6, 6.07) is 9.23. The monoisotopic (exact) mass is 301 g/mol. The molecule has 122 valence electrons. The molecule has 0 aliphatic carbocycles. The first-order chi connectivity index (χ1) is 10.9. The Kier molecular flexibility index (Phi) is 6.29. The normalized spacial score (nSPS) is 21.1. The highest BCUT2D eigenvalue weighted by atomic mass is 15.1. The minimum atomic E-state index is 0.861. The van der Waals surface area contributed by atoms with Crippen LogP contribution in [0.2, 0.25) is 0 Å². The Hall–Kier alpha value is -0.900. The first-order valence-corrected chi connectivity index (χ1v) is 9.12. The minimum absolute atomic E-state index is 0.861. The molecule has 3 heteroatoms. The van der Waals surface area contributed by atoms with Gasteiger partial charge in [0.2, 0.25) is 0 Å². The molecule has 0 amide bonds. The van der Waals surface area contributed by atoms with E-state index in [0.717, 1.165) is 25.6 Å². The summed E-state index contributed by atoms with van der Waals surface area (Å²) in [6.07, 6.45) is 6.80. The summed E-state index contributed by atoms with van der Waals surface area (Å²) in [5.74, 6) is 0.861. The van der Waals surface area contributed by atoms with E-state index in [1.54, 1.807) is 0 Å². The number of nitrogens with zero attached hydrogens (tertiary/aromatic N) is 1. The van der Waals surface area contributed by atoms with E-state index in [0.29, 0.717) is 0 Å². The van der Waals surface area contributed by atoms with E-state index in [1.165, 1.54) is 69.4 Å². The Bertz CT molecular complexity index is 417. The van der Waals surface area contributed by atoms with E-state index in [-0.39, 0.29) is 0 Å². The summed E-state index contributed by atoms with van der Waals surface area (Å²) < 4.78 is 0. The Morgan fingerprint density at radius 1 is 0.955 bits per heavy atom. The van der Waals surface area contributed by atoms with Gasteiger partial charge in [0.25, 0.3) is 0 Å². The van der Waals surface area contributed by atoms with Crippen LogP contribution in [0.15, 0.2) is 24.3 Å². The molecule has 0 saturated carbocycles. The Morgan fingerprint density at radius 2 is 1.64 bits per heavy atom. The lowest BCUT2D eigenvalue weighted by molar-refractivity contribution is 0.221. The van der Waals surface area contributed by atoms with Crippen LogP contribution in [0.25, 0.3) is 0 Å². The summed E-state index contributed by atoms with van der Waals surface area (Å²) in [5.41, 5.74) is 2.88. The maximum Gasteiger partial charge on any atom is 0.0233 e. The third-order valence-corrected chi connectivity index (χ3v) is 5.10. The lowest BCUT2D eigenvalue weighted by Crippen LogP contribution is -2.33. The number of nitrogens with one attached hydrogen (secondary N) is 2. The molecular weight excluding hydrogens is 270 g/mol. The molecule has 2 saturated heterocycles. The van der Waals surface area contributed by atoms with Crippen molar-refractivity contribution in [2.24, 2.45) is 5.92 Å². The van der Waals surface area contributed by atoms with Crippen LogP contribution in [0.3, 0.4) is 0 Å². The second-order valence-electron chi connectivity index (χ2n) is 6.98. The predicted octanol–water partition coefficient (Wildman–Crippen LogP) is 2.76. The molecule has 1 aromatic carbocycles. The van der Waals surface area contributed by atoms with Crippen molar-refractivity contribution in [2.75, 3.05) is 32.7 Å². The number of hydrogen-bond donors (Lipinski definition) is 2. The van der Waals surface area contributed by atoms with Crippen molar-refractivity contribution in [3.8, 4) is 0 Å². The van der Waals surface area contributed by atoms with Crippen molar-refractivity contribution in [3.63, 3.8) is 0 Å². The molecule has 0 atom stereocenters. The van der Waals surface area contributed by atoms with Crippen LogP contribution >= 0.6 is 0 Å². The molecule has 0 radical (unpaired) electrons. The van der Waals surface area contributed by atoms with Crippen molar-refractivity contribution >= 4 is 0 Å². The lowest BCUT2D eigenvalue weighted by atomic mass is 9.98. The summed E-state index contributed by atoms with van der Waals surface area (Å²) in [5, 5.41) is 7.06. The topological polar surface area (TPSA) is 27.3 Å². The largest absolute Gasteiger partial charge is 0.317 e. The maximum atomic E-state index is 3.63. The fourth-order valence-corrected chi connectivity index (χ4v) is 3.64. The van der Waals surface area contributed by atoms with Crippen LogP contribution in [0, 0.1) is 5.92 Å². The molecule has 2 aliphatic heterocycles. The summed E-state index contributed by atoms with van der Waals surface area (Å²) in [6.45, 7) is 8.24. The van der Waals surface area contributed by atoms with Crippen LogP contribution < -0.4 is 10.6 Å². The van der Waals surface area contributed by atoms with Gasteiger partial charge in [0.05, 0.1) is 0 Å². The van der Waals surface area contributed by atoms with Gasteiger partial charge in [-0.25, -0.2) is 0 Å². The molecule has 3 nitrogen and oxygen atoms in total. The predicted molar refractivity (Wildman–Crippen MR) is 92.9 cm³/mol. The van der Waals surface area contributed by atoms with Gasteiger partial charge in [0.15, 0.2) is 0 Å². The summed E-state index contributed by atoms with van der Waals surface area (Å²) in [4.78, 5) is 2.59. The molecule has 0 bridgehead atoms. The van der Waals surface area contributed by atoms with Gasteiger partial charge < -0.3 is 10.6 Å². The summed E-state index contributed by atoms with van der Waals surface area (Å²) in [7, 11) is 0. The molecule has 2 heterocycles.